The summed E-state index contributed by atoms with van der Waals surface area (Å²) in [4.78, 5) is 2.46. The van der Waals surface area contributed by atoms with Crippen molar-refractivity contribution in [2.75, 3.05) is 6.54 Å². The van der Waals surface area contributed by atoms with Gasteiger partial charge in [-0.2, -0.15) is 0 Å². The summed E-state index contributed by atoms with van der Waals surface area (Å²) in [5, 5.41) is 0. The highest BCUT2D eigenvalue weighted by Crippen LogP contribution is 2.20. The average molecular weight is 329 g/mol. The second-order valence-corrected chi connectivity index (χ2v) is 6.36. The molecule has 2 aromatic carbocycles. The lowest BCUT2D eigenvalue weighted by Gasteiger charge is -2.27. The Hall–Kier alpha value is -1.87. The second kappa shape index (κ2) is 8.84. The molecule has 2 aromatic rings. The Balaban J connectivity index is 2.02. The zero-order valence-electron chi connectivity index (χ0n) is 15.2. The first-order chi connectivity index (χ1) is 11.5. The fraction of sp³-hybridized carbons (Fsp3) is 0.429. The molecule has 0 radical (unpaired) electrons. The van der Waals surface area contributed by atoms with Crippen LogP contribution in [0.2, 0.25) is 0 Å². The molecule has 0 aliphatic carbocycles. The quantitative estimate of drug-likeness (QED) is 0.649. The molecule has 1 unspecified atom stereocenters. The first-order valence-corrected chi connectivity index (χ1v) is 8.74. The normalized spacial score (nSPS) is 12.4. The van der Waals surface area contributed by atoms with Gasteiger partial charge < -0.3 is 4.74 Å². The van der Waals surface area contributed by atoms with Gasteiger partial charge in [0.25, 0.3) is 0 Å². The number of hydrogen-bond acceptors (Lipinski definition) is 2. The van der Waals surface area contributed by atoms with Crippen molar-refractivity contribution in [1.29, 1.82) is 0 Å². The van der Waals surface area contributed by atoms with Crippen LogP contribution < -0.4 is 4.74 Å². The van der Waals surface area contributed by atoms with Gasteiger partial charge in [0.2, 0.25) is 0 Å². The minimum Gasteiger partial charge on any atom is -0.486 e. The first kappa shape index (κ1) is 18.5. The maximum absolute atomic E-state index is 13.8. The number of hydrogen-bond donors (Lipinski definition) is 0. The summed E-state index contributed by atoms with van der Waals surface area (Å²) in [5.74, 6) is 0.000811. The van der Waals surface area contributed by atoms with E-state index in [-0.39, 0.29) is 5.82 Å². The average Bonchev–Trinajstić information content (AvgIpc) is 2.58. The zero-order valence-corrected chi connectivity index (χ0v) is 15.2. The van der Waals surface area contributed by atoms with E-state index < -0.39 is 0 Å². The predicted molar refractivity (Wildman–Crippen MR) is 97.7 cm³/mol. The third-order valence-electron chi connectivity index (χ3n) is 4.48. The van der Waals surface area contributed by atoms with E-state index in [0.29, 0.717) is 18.4 Å². The topological polar surface area (TPSA) is 12.5 Å². The first-order valence-electron chi connectivity index (χ1n) is 8.74. The van der Waals surface area contributed by atoms with Crippen molar-refractivity contribution in [3.8, 4) is 5.75 Å². The molecule has 0 aliphatic rings. The number of ether oxygens (including phenoxy) is 1. The lowest BCUT2D eigenvalue weighted by atomic mass is 10.1. The number of aryl methyl sites for hydroxylation is 1. The summed E-state index contributed by atoms with van der Waals surface area (Å²) in [5.41, 5.74) is 3.22. The largest absolute Gasteiger partial charge is 0.486 e. The van der Waals surface area contributed by atoms with Crippen LogP contribution >= 0.6 is 0 Å². The molecule has 0 saturated heterocycles. The molecule has 2 rings (SSSR count). The molecular formula is C21H28FNO. The van der Waals surface area contributed by atoms with Gasteiger partial charge in [-0.25, -0.2) is 4.39 Å². The van der Waals surface area contributed by atoms with Crippen LogP contribution in [0.5, 0.6) is 5.75 Å². The van der Waals surface area contributed by atoms with Gasteiger partial charge in [-0.15, -0.1) is 0 Å². The number of nitrogens with zero attached hydrogens (tertiary/aromatic N) is 1. The van der Waals surface area contributed by atoms with E-state index in [1.165, 1.54) is 11.6 Å². The van der Waals surface area contributed by atoms with Crippen LogP contribution in [0.3, 0.4) is 0 Å². The fourth-order valence-electron chi connectivity index (χ4n) is 2.77. The van der Waals surface area contributed by atoms with Gasteiger partial charge in [0.15, 0.2) is 11.6 Å². The van der Waals surface area contributed by atoms with Gasteiger partial charge in [0, 0.05) is 12.6 Å². The highest BCUT2D eigenvalue weighted by atomic mass is 19.1. The van der Waals surface area contributed by atoms with Crippen LogP contribution in [0.1, 0.15) is 43.9 Å². The molecule has 0 aliphatic heterocycles. The molecule has 1 atom stereocenters. The van der Waals surface area contributed by atoms with Crippen LogP contribution in [-0.4, -0.2) is 17.5 Å². The fourth-order valence-corrected chi connectivity index (χ4v) is 2.77. The van der Waals surface area contributed by atoms with Crippen LogP contribution in [0, 0.1) is 12.7 Å². The Morgan fingerprint density at radius 1 is 1.08 bits per heavy atom. The van der Waals surface area contributed by atoms with E-state index >= 15 is 0 Å². The van der Waals surface area contributed by atoms with Gasteiger partial charge in [-0.1, -0.05) is 44.2 Å². The number of benzene rings is 2. The summed E-state index contributed by atoms with van der Waals surface area (Å²) >= 11 is 0. The Morgan fingerprint density at radius 3 is 2.50 bits per heavy atom. The molecule has 3 heteroatoms. The van der Waals surface area contributed by atoms with Gasteiger partial charge in [-0.3, -0.25) is 4.90 Å². The molecule has 0 aromatic heterocycles. The SMILES string of the molecule is CCC(C)N(CC)Cc1cccc(COc2ccc(C)cc2F)c1. The van der Waals surface area contributed by atoms with E-state index in [0.717, 1.165) is 30.6 Å². The van der Waals surface area contributed by atoms with E-state index in [1.807, 2.05) is 25.1 Å². The van der Waals surface area contributed by atoms with Crippen molar-refractivity contribution in [3.63, 3.8) is 0 Å². The van der Waals surface area contributed by atoms with E-state index in [9.17, 15) is 4.39 Å². The standard InChI is InChI=1S/C21H28FNO/c1-5-17(4)23(6-2)14-18-8-7-9-19(13-18)15-24-21-11-10-16(3)12-20(21)22/h7-13,17H,5-6,14-15H2,1-4H3. The molecule has 2 nitrogen and oxygen atoms in total. The van der Waals surface area contributed by atoms with Crippen LogP contribution in [-0.2, 0) is 13.2 Å². The van der Waals surface area contributed by atoms with Crippen LogP contribution in [0.25, 0.3) is 0 Å². The molecule has 130 valence electrons. The third-order valence-corrected chi connectivity index (χ3v) is 4.48. The summed E-state index contributed by atoms with van der Waals surface area (Å²) < 4.78 is 19.5. The summed E-state index contributed by atoms with van der Waals surface area (Å²) in [6, 6.07) is 14.0. The molecule has 0 bridgehead atoms. The van der Waals surface area contributed by atoms with E-state index in [4.69, 9.17) is 4.74 Å². The van der Waals surface area contributed by atoms with Gasteiger partial charge in [-0.05, 0) is 55.6 Å². The summed E-state index contributed by atoms with van der Waals surface area (Å²) in [7, 11) is 0. The predicted octanol–water partition coefficient (Wildman–Crippen LogP) is 5.33. The monoisotopic (exact) mass is 329 g/mol. The van der Waals surface area contributed by atoms with Crippen molar-refractivity contribution < 1.29 is 9.13 Å². The molecule has 0 N–H and O–H groups in total. The van der Waals surface area contributed by atoms with Gasteiger partial charge >= 0.3 is 0 Å². The number of halogens is 1. The van der Waals surface area contributed by atoms with E-state index in [1.54, 1.807) is 6.07 Å². The Labute approximate surface area is 145 Å². The lowest BCUT2D eigenvalue weighted by Crippen LogP contribution is -2.31. The highest BCUT2D eigenvalue weighted by Gasteiger charge is 2.11. The minimum atomic E-state index is -0.305. The second-order valence-electron chi connectivity index (χ2n) is 6.36. The molecule has 0 heterocycles. The van der Waals surface area contributed by atoms with E-state index in [2.05, 4.69) is 37.8 Å². The van der Waals surface area contributed by atoms with Crippen molar-refractivity contribution in [3.05, 3.63) is 65.0 Å². The van der Waals surface area contributed by atoms with Crippen molar-refractivity contribution >= 4 is 0 Å². The smallest absolute Gasteiger partial charge is 0.165 e. The maximum Gasteiger partial charge on any atom is 0.165 e. The molecule has 24 heavy (non-hydrogen) atoms. The van der Waals surface area contributed by atoms with Crippen LogP contribution in [0.15, 0.2) is 42.5 Å². The Kier molecular flexibility index (Phi) is 6.80. The maximum atomic E-state index is 13.8. The Morgan fingerprint density at radius 2 is 1.83 bits per heavy atom. The molecule has 0 fully saturated rings. The molecule has 0 saturated carbocycles. The highest BCUT2D eigenvalue weighted by molar-refractivity contribution is 5.29. The summed E-state index contributed by atoms with van der Waals surface area (Å²) in [6.07, 6.45) is 1.14. The summed E-state index contributed by atoms with van der Waals surface area (Å²) in [6.45, 7) is 10.9. The zero-order chi connectivity index (χ0) is 17.5. The Bertz CT molecular complexity index is 656. The molecular weight excluding hydrogens is 301 g/mol. The number of rotatable bonds is 8. The molecule has 0 spiro atoms. The van der Waals surface area contributed by atoms with Gasteiger partial charge in [0.1, 0.15) is 6.61 Å². The minimum absolute atomic E-state index is 0.305. The van der Waals surface area contributed by atoms with Gasteiger partial charge in [0.05, 0.1) is 0 Å². The van der Waals surface area contributed by atoms with Crippen molar-refractivity contribution in [1.82, 2.24) is 4.90 Å². The van der Waals surface area contributed by atoms with Crippen molar-refractivity contribution in [2.45, 2.75) is 53.3 Å². The van der Waals surface area contributed by atoms with Crippen molar-refractivity contribution in [2.24, 2.45) is 0 Å². The lowest BCUT2D eigenvalue weighted by molar-refractivity contribution is 0.206. The third kappa shape index (κ3) is 5.07. The van der Waals surface area contributed by atoms with Crippen LogP contribution in [0.4, 0.5) is 4.39 Å². The molecule has 0 amide bonds.